The van der Waals surface area contributed by atoms with Crippen molar-refractivity contribution in [3.8, 4) is 0 Å². The van der Waals surface area contributed by atoms with Crippen LogP contribution in [0.4, 0.5) is 5.69 Å². The largest absolute Gasteiger partial charge is 0.399 e. The highest BCUT2D eigenvalue weighted by atomic mass is 16.5. The zero-order valence-corrected chi connectivity index (χ0v) is 12.4. The van der Waals surface area contributed by atoms with Gasteiger partial charge in [-0.25, -0.2) is 0 Å². The lowest BCUT2D eigenvalue weighted by Crippen LogP contribution is -2.41. The summed E-state index contributed by atoms with van der Waals surface area (Å²) in [7, 11) is 1.78. The van der Waals surface area contributed by atoms with E-state index in [2.05, 4.69) is 30.9 Å². The second-order valence-corrected chi connectivity index (χ2v) is 5.77. The highest BCUT2D eigenvalue weighted by Gasteiger charge is 2.45. The summed E-state index contributed by atoms with van der Waals surface area (Å²) in [5.41, 5.74) is 8.41. The molecule has 0 amide bonds. The molecule has 2 N–H and O–H groups in total. The number of nitrogens with zero attached hydrogens (tertiary/aromatic N) is 1. The quantitative estimate of drug-likeness (QED) is 0.768. The zero-order chi connectivity index (χ0) is 13.9. The normalized spacial score (nSPS) is 18.5. The van der Waals surface area contributed by atoms with E-state index in [9.17, 15) is 0 Å². The summed E-state index contributed by atoms with van der Waals surface area (Å²) in [6.45, 7) is 7.46. The van der Waals surface area contributed by atoms with Gasteiger partial charge in [-0.3, -0.25) is 4.90 Å². The SMILES string of the molecule is CCN(CC1(c2ccc(N)cc2)CC1)C(C)COC. The number of nitrogen functional groups attached to an aromatic ring is 1. The van der Waals surface area contributed by atoms with Gasteiger partial charge in [0.05, 0.1) is 6.61 Å². The van der Waals surface area contributed by atoms with Crippen LogP contribution < -0.4 is 5.73 Å². The van der Waals surface area contributed by atoms with Gasteiger partial charge in [-0.05, 0) is 44.0 Å². The molecule has 1 aromatic rings. The first-order valence-corrected chi connectivity index (χ1v) is 7.20. The third-order valence-corrected chi connectivity index (χ3v) is 4.32. The molecule has 0 spiro atoms. The van der Waals surface area contributed by atoms with Crippen LogP contribution in [0.5, 0.6) is 0 Å². The summed E-state index contributed by atoms with van der Waals surface area (Å²) in [5.74, 6) is 0. The maximum Gasteiger partial charge on any atom is 0.0615 e. The van der Waals surface area contributed by atoms with Crippen LogP contribution in [0.1, 0.15) is 32.3 Å². The van der Waals surface area contributed by atoms with Crippen molar-refractivity contribution in [1.82, 2.24) is 4.90 Å². The lowest BCUT2D eigenvalue weighted by molar-refractivity contribution is 0.0962. The molecule has 2 rings (SSSR count). The topological polar surface area (TPSA) is 38.5 Å². The smallest absolute Gasteiger partial charge is 0.0615 e. The van der Waals surface area contributed by atoms with E-state index in [-0.39, 0.29) is 0 Å². The minimum atomic E-state index is 0.353. The number of hydrogen-bond donors (Lipinski definition) is 1. The van der Waals surface area contributed by atoms with Crippen LogP contribution in [0.3, 0.4) is 0 Å². The molecule has 0 aromatic heterocycles. The van der Waals surface area contributed by atoms with Crippen molar-refractivity contribution in [2.75, 3.05) is 32.5 Å². The average molecular weight is 262 g/mol. The first kappa shape index (κ1) is 14.4. The molecule has 1 fully saturated rings. The van der Waals surface area contributed by atoms with E-state index in [1.165, 1.54) is 18.4 Å². The standard InChI is InChI=1S/C16H26N2O/c1-4-18(13(2)11-19-3)12-16(9-10-16)14-5-7-15(17)8-6-14/h5-8,13H,4,9-12,17H2,1-3H3. The zero-order valence-electron chi connectivity index (χ0n) is 12.4. The van der Waals surface area contributed by atoms with Crippen molar-refractivity contribution >= 4 is 5.69 Å². The molecular formula is C16H26N2O. The second kappa shape index (κ2) is 5.93. The van der Waals surface area contributed by atoms with Crippen LogP contribution in [0.25, 0.3) is 0 Å². The number of ether oxygens (including phenoxy) is 1. The Morgan fingerprint density at radius 2 is 1.95 bits per heavy atom. The first-order chi connectivity index (χ1) is 9.11. The van der Waals surface area contributed by atoms with Gasteiger partial charge in [-0.15, -0.1) is 0 Å². The number of rotatable bonds is 7. The van der Waals surface area contributed by atoms with Gasteiger partial charge < -0.3 is 10.5 Å². The van der Waals surface area contributed by atoms with Gasteiger partial charge >= 0.3 is 0 Å². The Balaban J connectivity index is 2.06. The lowest BCUT2D eigenvalue weighted by Gasteiger charge is -2.31. The van der Waals surface area contributed by atoms with Gasteiger partial charge in [0.1, 0.15) is 0 Å². The summed E-state index contributed by atoms with van der Waals surface area (Å²) in [5, 5.41) is 0. The molecule has 1 saturated carbocycles. The van der Waals surface area contributed by atoms with Crippen molar-refractivity contribution in [2.24, 2.45) is 0 Å². The Morgan fingerprint density at radius 3 is 2.42 bits per heavy atom. The van der Waals surface area contributed by atoms with Crippen molar-refractivity contribution < 1.29 is 4.74 Å². The Labute approximate surface area is 116 Å². The molecule has 106 valence electrons. The number of likely N-dealkylation sites (N-methyl/N-ethyl adjacent to an activating group) is 1. The summed E-state index contributed by atoms with van der Waals surface area (Å²) in [6, 6.07) is 8.89. The van der Waals surface area contributed by atoms with Gasteiger partial charge in [0.15, 0.2) is 0 Å². The van der Waals surface area contributed by atoms with E-state index < -0.39 is 0 Å². The summed E-state index contributed by atoms with van der Waals surface area (Å²) in [6.07, 6.45) is 2.57. The molecule has 1 atom stereocenters. The number of methoxy groups -OCH3 is 1. The molecule has 0 bridgehead atoms. The minimum absolute atomic E-state index is 0.353. The number of anilines is 1. The van der Waals surface area contributed by atoms with Crippen LogP contribution in [0, 0.1) is 0 Å². The molecule has 1 aliphatic carbocycles. The molecule has 3 heteroatoms. The average Bonchev–Trinajstić information content (AvgIpc) is 3.18. The fraction of sp³-hybridized carbons (Fsp3) is 0.625. The predicted molar refractivity (Wildman–Crippen MR) is 80.4 cm³/mol. The van der Waals surface area contributed by atoms with Gasteiger partial charge in [-0.1, -0.05) is 19.1 Å². The number of benzene rings is 1. The highest BCUT2D eigenvalue weighted by molar-refractivity contribution is 5.43. The fourth-order valence-electron chi connectivity index (χ4n) is 2.84. The molecule has 0 saturated heterocycles. The van der Waals surface area contributed by atoms with Crippen LogP contribution in [-0.4, -0.2) is 37.7 Å². The van der Waals surface area contributed by atoms with Crippen molar-refractivity contribution in [1.29, 1.82) is 0 Å². The Hall–Kier alpha value is -1.06. The van der Waals surface area contributed by atoms with Crippen LogP contribution in [0.15, 0.2) is 24.3 Å². The molecule has 0 aliphatic heterocycles. The maximum absolute atomic E-state index is 5.78. The molecule has 19 heavy (non-hydrogen) atoms. The van der Waals surface area contributed by atoms with E-state index >= 15 is 0 Å². The van der Waals surface area contributed by atoms with Crippen molar-refractivity contribution in [2.45, 2.75) is 38.1 Å². The molecule has 0 radical (unpaired) electrons. The Bertz CT molecular complexity index is 398. The van der Waals surface area contributed by atoms with Gasteiger partial charge in [0, 0.05) is 30.8 Å². The maximum atomic E-state index is 5.78. The molecule has 3 nitrogen and oxygen atoms in total. The summed E-state index contributed by atoms with van der Waals surface area (Å²) in [4.78, 5) is 2.52. The molecular weight excluding hydrogens is 236 g/mol. The van der Waals surface area contributed by atoms with E-state index in [1.807, 2.05) is 12.1 Å². The fourth-order valence-corrected chi connectivity index (χ4v) is 2.84. The van der Waals surface area contributed by atoms with Crippen molar-refractivity contribution in [3.63, 3.8) is 0 Å². The first-order valence-electron chi connectivity index (χ1n) is 7.20. The lowest BCUT2D eigenvalue weighted by atomic mass is 9.94. The van der Waals surface area contributed by atoms with E-state index in [4.69, 9.17) is 10.5 Å². The number of nitrogens with two attached hydrogens (primary N) is 1. The van der Waals surface area contributed by atoms with Crippen LogP contribution in [0.2, 0.25) is 0 Å². The van der Waals surface area contributed by atoms with Gasteiger partial charge in [0.2, 0.25) is 0 Å². The van der Waals surface area contributed by atoms with Crippen LogP contribution >= 0.6 is 0 Å². The Kier molecular flexibility index (Phi) is 4.48. The van der Waals surface area contributed by atoms with E-state index in [1.54, 1.807) is 7.11 Å². The summed E-state index contributed by atoms with van der Waals surface area (Å²) >= 11 is 0. The van der Waals surface area contributed by atoms with Gasteiger partial charge in [0.25, 0.3) is 0 Å². The molecule has 1 aliphatic rings. The van der Waals surface area contributed by atoms with Gasteiger partial charge in [-0.2, -0.15) is 0 Å². The second-order valence-electron chi connectivity index (χ2n) is 5.77. The van der Waals surface area contributed by atoms with E-state index in [0.29, 0.717) is 11.5 Å². The van der Waals surface area contributed by atoms with Crippen molar-refractivity contribution in [3.05, 3.63) is 29.8 Å². The number of hydrogen-bond acceptors (Lipinski definition) is 3. The molecule has 1 aromatic carbocycles. The third-order valence-electron chi connectivity index (χ3n) is 4.32. The molecule has 0 heterocycles. The Morgan fingerprint density at radius 1 is 1.32 bits per heavy atom. The monoisotopic (exact) mass is 262 g/mol. The molecule has 1 unspecified atom stereocenters. The van der Waals surface area contributed by atoms with Crippen LogP contribution in [-0.2, 0) is 10.2 Å². The van der Waals surface area contributed by atoms with E-state index in [0.717, 1.165) is 25.4 Å². The highest BCUT2D eigenvalue weighted by Crippen LogP contribution is 2.49. The minimum Gasteiger partial charge on any atom is -0.399 e. The summed E-state index contributed by atoms with van der Waals surface area (Å²) < 4.78 is 5.28. The third kappa shape index (κ3) is 3.28. The predicted octanol–water partition coefficient (Wildman–Crippen LogP) is 2.66.